The Hall–Kier alpha value is -1.74. The van der Waals surface area contributed by atoms with Crippen molar-refractivity contribution in [1.82, 2.24) is 4.57 Å². The first kappa shape index (κ1) is 12.3. The molecule has 0 radical (unpaired) electrons. The average Bonchev–Trinajstić information content (AvgIpc) is 2.70. The number of aryl methyl sites for hydroxylation is 1. The van der Waals surface area contributed by atoms with Gasteiger partial charge in [-0.25, -0.2) is 0 Å². The SMILES string of the molecule is Cc1ccc2c(ccn2Cc2cc(N)cc(Br)c2)c1. The molecule has 2 aromatic carbocycles. The molecule has 3 aromatic rings. The topological polar surface area (TPSA) is 30.9 Å². The van der Waals surface area contributed by atoms with Gasteiger partial charge in [-0.1, -0.05) is 27.6 Å². The van der Waals surface area contributed by atoms with Gasteiger partial charge >= 0.3 is 0 Å². The lowest BCUT2D eigenvalue weighted by Crippen LogP contribution is -1.99. The number of nitrogen functional groups attached to an aromatic ring is 1. The summed E-state index contributed by atoms with van der Waals surface area (Å²) in [7, 11) is 0. The molecule has 0 aliphatic carbocycles. The number of aromatic nitrogens is 1. The van der Waals surface area contributed by atoms with Crippen LogP contribution < -0.4 is 5.73 Å². The minimum atomic E-state index is 0.789. The first-order chi connectivity index (χ1) is 9.11. The molecule has 0 aliphatic rings. The van der Waals surface area contributed by atoms with E-state index in [-0.39, 0.29) is 0 Å². The molecule has 96 valence electrons. The van der Waals surface area contributed by atoms with E-state index in [1.54, 1.807) is 0 Å². The Morgan fingerprint density at radius 2 is 1.95 bits per heavy atom. The first-order valence-electron chi connectivity index (χ1n) is 6.22. The molecule has 3 heteroatoms. The highest BCUT2D eigenvalue weighted by molar-refractivity contribution is 9.10. The molecule has 0 fully saturated rings. The fourth-order valence-corrected chi connectivity index (χ4v) is 2.98. The van der Waals surface area contributed by atoms with E-state index >= 15 is 0 Å². The van der Waals surface area contributed by atoms with E-state index in [1.165, 1.54) is 22.0 Å². The predicted molar refractivity (Wildman–Crippen MR) is 84.3 cm³/mol. The van der Waals surface area contributed by atoms with Gasteiger partial charge in [0.15, 0.2) is 0 Å². The van der Waals surface area contributed by atoms with Crippen LogP contribution in [0.2, 0.25) is 0 Å². The van der Waals surface area contributed by atoms with E-state index < -0.39 is 0 Å². The molecular weight excluding hydrogens is 300 g/mol. The van der Waals surface area contributed by atoms with Crippen LogP contribution in [0.3, 0.4) is 0 Å². The average molecular weight is 315 g/mol. The van der Waals surface area contributed by atoms with Gasteiger partial charge < -0.3 is 10.3 Å². The third-order valence-electron chi connectivity index (χ3n) is 3.26. The van der Waals surface area contributed by atoms with Crippen LogP contribution in [0.25, 0.3) is 10.9 Å². The van der Waals surface area contributed by atoms with Gasteiger partial charge in [-0.15, -0.1) is 0 Å². The van der Waals surface area contributed by atoms with E-state index in [4.69, 9.17) is 5.73 Å². The summed E-state index contributed by atoms with van der Waals surface area (Å²) in [4.78, 5) is 0. The Morgan fingerprint density at radius 3 is 2.74 bits per heavy atom. The highest BCUT2D eigenvalue weighted by Crippen LogP contribution is 2.21. The first-order valence-corrected chi connectivity index (χ1v) is 7.01. The van der Waals surface area contributed by atoms with E-state index in [2.05, 4.69) is 63.9 Å². The second kappa shape index (κ2) is 4.74. The van der Waals surface area contributed by atoms with Crippen molar-refractivity contribution >= 4 is 32.5 Å². The summed E-state index contributed by atoms with van der Waals surface area (Å²) in [5.41, 5.74) is 10.4. The van der Waals surface area contributed by atoms with Crippen molar-refractivity contribution in [2.45, 2.75) is 13.5 Å². The van der Waals surface area contributed by atoms with Gasteiger partial charge in [0.1, 0.15) is 0 Å². The molecule has 0 spiro atoms. The molecule has 2 N–H and O–H groups in total. The second-order valence-corrected chi connectivity index (χ2v) is 5.81. The highest BCUT2D eigenvalue weighted by atomic mass is 79.9. The fraction of sp³-hybridized carbons (Fsp3) is 0.125. The minimum Gasteiger partial charge on any atom is -0.399 e. The molecular formula is C16H15BrN2. The Bertz CT molecular complexity index is 723. The molecule has 0 amide bonds. The quantitative estimate of drug-likeness (QED) is 0.701. The van der Waals surface area contributed by atoms with Crippen LogP contribution in [-0.2, 0) is 6.54 Å². The highest BCUT2D eigenvalue weighted by Gasteiger charge is 2.03. The van der Waals surface area contributed by atoms with Crippen LogP contribution in [0.15, 0.2) is 53.1 Å². The summed E-state index contributed by atoms with van der Waals surface area (Å²) in [5.74, 6) is 0. The summed E-state index contributed by atoms with van der Waals surface area (Å²) in [5, 5.41) is 1.28. The van der Waals surface area contributed by atoms with Gasteiger partial charge in [0, 0.05) is 28.4 Å². The van der Waals surface area contributed by atoms with Gasteiger partial charge in [0.25, 0.3) is 0 Å². The molecule has 0 saturated heterocycles. The third-order valence-corrected chi connectivity index (χ3v) is 3.72. The third kappa shape index (κ3) is 2.51. The molecule has 0 saturated carbocycles. The van der Waals surface area contributed by atoms with Crippen molar-refractivity contribution in [2.75, 3.05) is 5.73 Å². The lowest BCUT2D eigenvalue weighted by atomic mass is 10.2. The summed E-state index contributed by atoms with van der Waals surface area (Å²) < 4.78 is 3.27. The lowest BCUT2D eigenvalue weighted by Gasteiger charge is -2.08. The Kier molecular flexibility index (Phi) is 3.07. The van der Waals surface area contributed by atoms with Gasteiger partial charge in [0.2, 0.25) is 0 Å². The maximum absolute atomic E-state index is 5.88. The number of nitrogens with two attached hydrogens (primary N) is 1. The normalized spacial score (nSPS) is 11.1. The molecule has 0 bridgehead atoms. The predicted octanol–water partition coefficient (Wildman–Crippen LogP) is 4.34. The monoisotopic (exact) mass is 314 g/mol. The molecule has 0 atom stereocenters. The van der Waals surface area contributed by atoms with Crippen molar-refractivity contribution in [2.24, 2.45) is 0 Å². The zero-order valence-corrected chi connectivity index (χ0v) is 12.3. The van der Waals surface area contributed by atoms with Crippen LogP contribution in [-0.4, -0.2) is 4.57 Å². The molecule has 0 aliphatic heterocycles. The van der Waals surface area contributed by atoms with Gasteiger partial charge in [-0.2, -0.15) is 0 Å². The number of anilines is 1. The van der Waals surface area contributed by atoms with Crippen molar-refractivity contribution < 1.29 is 0 Å². The lowest BCUT2D eigenvalue weighted by molar-refractivity contribution is 0.836. The summed E-state index contributed by atoms with van der Waals surface area (Å²) in [6, 6.07) is 14.7. The van der Waals surface area contributed by atoms with Gasteiger partial charge in [0.05, 0.1) is 0 Å². The summed E-state index contributed by atoms with van der Waals surface area (Å²) in [6.07, 6.45) is 2.13. The number of benzene rings is 2. The van der Waals surface area contributed by atoms with E-state index in [0.29, 0.717) is 0 Å². The van der Waals surface area contributed by atoms with Crippen LogP contribution in [0, 0.1) is 6.92 Å². The zero-order valence-electron chi connectivity index (χ0n) is 10.7. The number of hydrogen-bond donors (Lipinski definition) is 1. The Morgan fingerprint density at radius 1 is 1.11 bits per heavy atom. The largest absolute Gasteiger partial charge is 0.399 e. The number of rotatable bonds is 2. The number of halogens is 1. The van der Waals surface area contributed by atoms with Crippen LogP contribution in [0.4, 0.5) is 5.69 Å². The van der Waals surface area contributed by atoms with Crippen LogP contribution in [0.5, 0.6) is 0 Å². The molecule has 3 rings (SSSR count). The zero-order chi connectivity index (χ0) is 13.4. The Balaban J connectivity index is 2.01. The van der Waals surface area contributed by atoms with Gasteiger partial charge in [-0.3, -0.25) is 0 Å². The van der Waals surface area contributed by atoms with E-state index in [9.17, 15) is 0 Å². The van der Waals surface area contributed by atoms with Crippen molar-refractivity contribution in [3.8, 4) is 0 Å². The molecule has 1 aromatic heterocycles. The maximum Gasteiger partial charge on any atom is 0.0483 e. The number of fused-ring (bicyclic) bond motifs is 1. The maximum atomic E-state index is 5.88. The second-order valence-electron chi connectivity index (χ2n) is 4.90. The number of nitrogens with zero attached hydrogens (tertiary/aromatic N) is 1. The van der Waals surface area contributed by atoms with Crippen molar-refractivity contribution in [1.29, 1.82) is 0 Å². The number of hydrogen-bond acceptors (Lipinski definition) is 1. The molecule has 0 unspecified atom stereocenters. The Labute approximate surface area is 121 Å². The summed E-state index contributed by atoms with van der Waals surface area (Å²) in [6.45, 7) is 2.95. The molecule has 2 nitrogen and oxygen atoms in total. The standard InChI is InChI=1S/C16H15BrN2/c1-11-2-3-16-13(6-11)4-5-19(16)10-12-7-14(17)9-15(18)8-12/h2-9H,10,18H2,1H3. The summed E-state index contributed by atoms with van der Waals surface area (Å²) >= 11 is 3.49. The van der Waals surface area contributed by atoms with Crippen molar-refractivity contribution in [3.63, 3.8) is 0 Å². The molecule has 19 heavy (non-hydrogen) atoms. The van der Waals surface area contributed by atoms with E-state index in [0.717, 1.165) is 16.7 Å². The molecule has 1 heterocycles. The van der Waals surface area contributed by atoms with Crippen LogP contribution >= 0.6 is 15.9 Å². The van der Waals surface area contributed by atoms with Gasteiger partial charge in [-0.05, 0) is 54.3 Å². The van der Waals surface area contributed by atoms with Crippen LogP contribution in [0.1, 0.15) is 11.1 Å². The smallest absolute Gasteiger partial charge is 0.0483 e. The minimum absolute atomic E-state index is 0.789. The van der Waals surface area contributed by atoms with E-state index in [1.807, 2.05) is 12.1 Å². The fourth-order valence-electron chi connectivity index (χ4n) is 2.42. The van der Waals surface area contributed by atoms with Crippen molar-refractivity contribution in [3.05, 3.63) is 64.3 Å².